The van der Waals surface area contributed by atoms with E-state index in [1.807, 2.05) is 0 Å². The number of halogens is 1. The number of carbonyl (C=O) groups excluding carboxylic acids is 1. The summed E-state index contributed by atoms with van der Waals surface area (Å²) in [7, 11) is -3.70. The molecular formula is C23H28FN3O5S. The molecule has 2 aliphatic heterocycles. The van der Waals surface area contributed by atoms with E-state index in [-0.39, 0.29) is 23.0 Å². The Morgan fingerprint density at radius 3 is 2.24 bits per heavy atom. The van der Waals surface area contributed by atoms with E-state index in [1.165, 1.54) is 22.5 Å². The molecule has 1 amide bonds. The summed E-state index contributed by atoms with van der Waals surface area (Å²) >= 11 is 0. The van der Waals surface area contributed by atoms with Gasteiger partial charge in [-0.2, -0.15) is 4.31 Å². The Hall–Kier alpha value is -2.53. The van der Waals surface area contributed by atoms with Gasteiger partial charge in [0.25, 0.3) is 0 Å². The summed E-state index contributed by atoms with van der Waals surface area (Å²) in [5.74, 6) is -0.564. The normalized spacial score (nSPS) is 17.7. The van der Waals surface area contributed by atoms with Gasteiger partial charge in [-0.05, 0) is 42.3 Å². The van der Waals surface area contributed by atoms with Crippen molar-refractivity contribution in [1.29, 1.82) is 0 Å². The van der Waals surface area contributed by atoms with E-state index >= 15 is 0 Å². The van der Waals surface area contributed by atoms with Gasteiger partial charge in [0.15, 0.2) is 0 Å². The monoisotopic (exact) mass is 477 g/mol. The summed E-state index contributed by atoms with van der Waals surface area (Å²) in [5.41, 5.74) is 2.06. The first-order valence-electron chi connectivity index (χ1n) is 11.0. The fourth-order valence-electron chi connectivity index (χ4n) is 3.91. The molecule has 0 atom stereocenters. The Balaban J connectivity index is 1.55. The van der Waals surface area contributed by atoms with Gasteiger partial charge in [-0.3, -0.25) is 4.79 Å². The summed E-state index contributed by atoms with van der Waals surface area (Å²) in [6.45, 7) is 3.73. The lowest BCUT2D eigenvalue weighted by Gasteiger charge is -2.31. The lowest BCUT2D eigenvalue weighted by atomic mass is 10.1. The summed E-state index contributed by atoms with van der Waals surface area (Å²) in [4.78, 5) is 15.0. The van der Waals surface area contributed by atoms with Crippen LogP contribution in [0.2, 0.25) is 0 Å². The van der Waals surface area contributed by atoms with Crippen molar-refractivity contribution in [3.05, 3.63) is 53.8 Å². The van der Waals surface area contributed by atoms with Crippen molar-refractivity contribution in [1.82, 2.24) is 4.31 Å². The maximum Gasteiger partial charge on any atom is 0.243 e. The molecule has 0 aliphatic carbocycles. The van der Waals surface area contributed by atoms with E-state index in [0.29, 0.717) is 64.7 Å². The average molecular weight is 478 g/mol. The molecule has 0 saturated carbocycles. The van der Waals surface area contributed by atoms with E-state index in [4.69, 9.17) is 9.47 Å². The minimum Gasteiger partial charge on any atom is -0.379 e. The predicted molar refractivity (Wildman–Crippen MR) is 122 cm³/mol. The number of benzene rings is 2. The highest BCUT2D eigenvalue weighted by atomic mass is 32.2. The van der Waals surface area contributed by atoms with Crippen LogP contribution in [-0.2, 0) is 30.7 Å². The number of rotatable bonds is 7. The van der Waals surface area contributed by atoms with Crippen LogP contribution in [-0.4, -0.2) is 71.2 Å². The molecule has 8 nitrogen and oxygen atoms in total. The molecule has 0 unspecified atom stereocenters. The number of sulfonamides is 1. The van der Waals surface area contributed by atoms with Crippen molar-refractivity contribution in [2.24, 2.45) is 0 Å². The van der Waals surface area contributed by atoms with Crippen LogP contribution >= 0.6 is 0 Å². The van der Waals surface area contributed by atoms with Crippen LogP contribution in [0.15, 0.2) is 47.4 Å². The molecule has 2 aromatic rings. The second-order valence-electron chi connectivity index (χ2n) is 7.97. The molecular weight excluding hydrogens is 449 g/mol. The van der Waals surface area contributed by atoms with Crippen molar-refractivity contribution in [2.45, 2.75) is 17.7 Å². The van der Waals surface area contributed by atoms with E-state index < -0.39 is 10.0 Å². The number of carbonyl (C=O) groups is 1. The highest BCUT2D eigenvalue weighted by molar-refractivity contribution is 7.89. The topological polar surface area (TPSA) is 88.2 Å². The first-order valence-corrected chi connectivity index (χ1v) is 12.5. The molecule has 33 heavy (non-hydrogen) atoms. The molecule has 2 heterocycles. The molecule has 0 bridgehead atoms. The Bertz CT molecular complexity index is 1070. The van der Waals surface area contributed by atoms with Crippen LogP contribution in [0.3, 0.4) is 0 Å². The summed E-state index contributed by atoms with van der Waals surface area (Å²) in [5, 5.41) is 2.90. The number of hydrogen-bond acceptors (Lipinski definition) is 6. The van der Waals surface area contributed by atoms with Crippen LogP contribution in [0.25, 0.3) is 0 Å². The number of morpholine rings is 2. The molecule has 178 valence electrons. The molecule has 0 radical (unpaired) electrons. The van der Waals surface area contributed by atoms with E-state index in [2.05, 4.69) is 10.2 Å². The van der Waals surface area contributed by atoms with Crippen LogP contribution in [0.1, 0.15) is 12.0 Å². The second-order valence-corrected chi connectivity index (χ2v) is 9.91. The predicted octanol–water partition coefficient (Wildman–Crippen LogP) is 2.25. The molecule has 10 heteroatoms. The number of nitrogens with one attached hydrogen (secondary N) is 1. The van der Waals surface area contributed by atoms with Crippen molar-refractivity contribution in [3.8, 4) is 0 Å². The number of nitrogens with zero attached hydrogens (tertiary/aromatic N) is 2. The minimum absolute atomic E-state index is 0.134. The Kier molecular flexibility index (Phi) is 7.59. The van der Waals surface area contributed by atoms with Gasteiger partial charge in [-0.15, -0.1) is 0 Å². The molecule has 2 aromatic carbocycles. The van der Waals surface area contributed by atoms with Gasteiger partial charge >= 0.3 is 0 Å². The second kappa shape index (κ2) is 10.6. The lowest BCUT2D eigenvalue weighted by Crippen LogP contribution is -2.40. The summed E-state index contributed by atoms with van der Waals surface area (Å²) < 4.78 is 51.5. The zero-order chi connectivity index (χ0) is 23.3. The van der Waals surface area contributed by atoms with Gasteiger partial charge < -0.3 is 19.7 Å². The van der Waals surface area contributed by atoms with Crippen LogP contribution in [0, 0.1) is 5.82 Å². The van der Waals surface area contributed by atoms with Crippen molar-refractivity contribution in [3.63, 3.8) is 0 Å². The lowest BCUT2D eigenvalue weighted by molar-refractivity contribution is -0.116. The molecule has 2 fully saturated rings. The summed E-state index contributed by atoms with van der Waals surface area (Å²) in [6.07, 6.45) is 0.638. The highest BCUT2D eigenvalue weighted by Crippen LogP contribution is 2.31. The SMILES string of the molecule is O=C(CCc1ccc(F)cc1)Nc1cc(S(=O)(=O)N2CCOCC2)ccc1N1CCOCC1. The zero-order valence-electron chi connectivity index (χ0n) is 18.3. The number of aryl methyl sites for hydroxylation is 1. The number of amides is 1. The van der Waals surface area contributed by atoms with Crippen molar-refractivity contribution in [2.75, 3.05) is 62.8 Å². The van der Waals surface area contributed by atoms with Gasteiger partial charge in [0, 0.05) is 32.6 Å². The molecule has 1 N–H and O–H groups in total. The molecule has 0 spiro atoms. The third-order valence-corrected chi connectivity index (χ3v) is 7.65. The Labute approximate surface area is 193 Å². The smallest absolute Gasteiger partial charge is 0.243 e. The minimum atomic E-state index is -3.70. The fraction of sp³-hybridized carbons (Fsp3) is 0.435. The van der Waals surface area contributed by atoms with Crippen LogP contribution < -0.4 is 10.2 Å². The zero-order valence-corrected chi connectivity index (χ0v) is 19.2. The average Bonchev–Trinajstić information content (AvgIpc) is 2.85. The molecule has 0 aromatic heterocycles. The largest absolute Gasteiger partial charge is 0.379 e. The Morgan fingerprint density at radius 1 is 0.939 bits per heavy atom. The number of hydrogen-bond donors (Lipinski definition) is 1. The van der Waals surface area contributed by atoms with Gasteiger partial charge in [0.1, 0.15) is 5.82 Å². The van der Waals surface area contributed by atoms with Gasteiger partial charge in [-0.1, -0.05) is 12.1 Å². The third-order valence-electron chi connectivity index (χ3n) is 5.76. The molecule has 2 saturated heterocycles. The van der Waals surface area contributed by atoms with Crippen molar-refractivity contribution < 1.29 is 27.1 Å². The van der Waals surface area contributed by atoms with E-state index in [1.54, 1.807) is 24.3 Å². The van der Waals surface area contributed by atoms with Crippen molar-refractivity contribution >= 4 is 27.3 Å². The highest BCUT2D eigenvalue weighted by Gasteiger charge is 2.28. The quantitative estimate of drug-likeness (QED) is 0.658. The number of anilines is 2. The maximum atomic E-state index is 13.1. The van der Waals surface area contributed by atoms with E-state index in [9.17, 15) is 17.6 Å². The molecule has 2 aliphatic rings. The van der Waals surface area contributed by atoms with Gasteiger partial charge in [0.2, 0.25) is 15.9 Å². The maximum absolute atomic E-state index is 13.1. The van der Waals surface area contributed by atoms with Gasteiger partial charge in [0.05, 0.1) is 42.7 Å². The third kappa shape index (κ3) is 5.89. The standard InChI is InChI=1S/C23H28FN3O5S/c24-19-4-1-18(2-5-19)3-8-23(28)25-21-17-20(33(29,30)27-11-15-32-16-12-27)6-7-22(21)26-9-13-31-14-10-26/h1-2,4-7,17H,3,8-16H2,(H,25,28). The fourth-order valence-corrected chi connectivity index (χ4v) is 5.35. The summed E-state index contributed by atoms with van der Waals surface area (Å²) in [6, 6.07) is 10.9. The number of ether oxygens (including phenoxy) is 2. The van der Waals surface area contributed by atoms with E-state index in [0.717, 1.165) is 11.3 Å². The van der Waals surface area contributed by atoms with Gasteiger partial charge in [-0.25, -0.2) is 12.8 Å². The first-order chi connectivity index (χ1) is 15.9. The van der Waals surface area contributed by atoms with Crippen LogP contribution in [0.5, 0.6) is 0 Å². The first kappa shape index (κ1) is 23.6. The van der Waals surface area contributed by atoms with Crippen LogP contribution in [0.4, 0.5) is 15.8 Å². The Morgan fingerprint density at radius 2 is 1.58 bits per heavy atom. The molecule has 4 rings (SSSR count).